The van der Waals surface area contributed by atoms with E-state index in [1.807, 2.05) is 49.4 Å². The first-order valence-corrected chi connectivity index (χ1v) is 8.15. The molecule has 128 valence electrons. The van der Waals surface area contributed by atoms with Crippen LogP contribution in [0.2, 0.25) is 0 Å². The quantitative estimate of drug-likeness (QED) is 0.611. The number of benzene rings is 1. The van der Waals surface area contributed by atoms with Crippen LogP contribution in [0.5, 0.6) is 0 Å². The Morgan fingerprint density at radius 1 is 0.920 bits per heavy atom. The maximum atomic E-state index is 5.34. The van der Waals surface area contributed by atoms with Gasteiger partial charge in [0.25, 0.3) is 0 Å². The van der Waals surface area contributed by atoms with Gasteiger partial charge in [0.15, 0.2) is 5.82 Å². The van der Waals surface area contributed by atoms with E-state index >= 15 is 0 Å². The Labute approximate surface area is 146 Å². The average Bonchev–Trinajstić information content (AvgIpc) is 2.67. The Bertz CT molecular complexity index is 782. The summed E-state index contributed by atoms with van der Waals surface area (Å²) in [5, 5.41) is 6.36. The normalized spacial score (nSPS) is 10.4. The molecule has 2 heterocycles. The number of anilines is 3. The zero-order valence-electron chi connectivity index (χ0n) is 14.0. The van der Waals surface area contributed by atoms with E-state index < -0.39 is 0 Å². The smallest absolute Gasteiger partial charge is 0.232 e. The topological polar surface area (TPSA) is 84.9 Å². The molecule has 0 fully saturated rings. The first kappa shape index (κ1) is 16.8. The summed E-state index contributed by atoms with van der Waals surface area (Å²) >= 11 is 0. The molecule has 0 aliphatic carbocycles. The van der Waals surface area contributed by atoms with E-state index in [0.29, 0.717) is 37.5 Å². The predicted molar refractivity (Wildman–Crippen MR) is 97.8 cm³/mol. The predicted octanol–water partition coefficient (Wildman–Crippen LogP) is 3.13. The fourth-order valence-electron chi connectivity index (χ4n) is 2.17. The highest BCUT2D eigenvalue weighted by molar-refractivity contribution is 5.60. The molecule has 0 spiro atoms. The van der Waals surface area contributed by atoms with Crippen LogP contribution in [0, 0.1) is 0 Å². The SMILES string of the molecule is CCOCCNc1nc(Nc2ccncc2)nc(-c2ccccc2)n1. The molecule has 7 nitrogen and oxygen atoms in total. The van der Waals surface area contributed by atoms with Gasteiger partial charge in [0.2, 0.25) is 11.9 Å². The molecule has 0 aliphatic heterocycles. The Hall–Kier alpha value is -3.06. The van der Waals surface area contributed by atoms with E-state index in [9.17, 15) is 0 Å². The molecule has 3 rings (SSSR count). The van der Waals surface area contributed by atoms with Crippen LogP contribution in [-0.4, -0.2) is 39.7 Å². The van der Waals surface area contributed by atoms with Crippen molar-refractivity contribution in [2.45, 2.75) is 6.92 Å². The molecule has 2 N–H and O–H groups in total. The van der Waals surface area contributed by atoms with E-state index in [1.54, 1.807) is 12.4 Å². The van der Waals surface area contributed by atoms with Crippen LogP contribution < -0.4 is 10.6 Å². The highest BCUT2D eigenvalue weighted by Crippen LogP contribution is 2.19. The van der Waals surface area contributed by atoms with Crippen molar-refractivity contribution in [2.75, 3.05) is 30.4 Å². The minimum Gasteiger partial charge on any atom is -0.380 e. The van der Waals surface area contributed by atoms with Gasteiger partial charge >= 0.3 is 0 Å². The third-order valence-corrected chi connectivity index (χ3v) is 3.34. The first-order valence-electron chi connectivity index (χ1n) is 8.15. The zero-order chi connectivity index (χ0) is 17.3. The van der Waals surface area contributed by atoms with Crippen molar-refractivity contribution in [2.24, 2.45) is 0 Å². The summed E-state index contributed by atoms with van der Waals surface area (Å²) in [5.74, 6) is 1.58. The number of hydrogen-bond donors (Lipinski definition) is 2. The fourth-order valence-corrected chi connectivity index (χ4v) is 2.17. The van der Waals surface area contributed by atoms with Crippen LogP contribution in [-0.2, 0) is 4.74 Å². The van der Waals surface area contributed by atoms with E-state index in [4.69, 9.17) is 4.74 Å². The maximum absolute atomic E-state index is 5.34. The van der Waals surface area contributed by atoms with Crippen molar-refractivity contribution in [3.05, 3.63) is 54.9 Å². The summed E-state index contributed by atoms with van der Waals surface area (Å²) < 4.78 is 5.34. The van der Waals surface area contributed by atoms with E-state index in [2.05, 4.69) is 30.6 Å². The second-order valence-electron chi connectivity index (χ2n) is 5.16. The molecule has 1 aromatic carbocycles. The van der Waals surface area contributed by atoms with Gasteiger partial charge in [-0.25, -0.2) is 0 Å². The molecule has 25 heavy (non-hydrogen) atoms. The van der Waals surface area contributed by atoms with E-state index in [0.717, 1.165) is 11.3 Å². The van der Waals surface area contributed by atoms with Crippen molar-refractivity contribution in [3.8, 4) is 11.4 Å². The Morgan fingerprint density at radius 2 is 1.68 bits per heavy atom. The van der Waals surface area contributed by atoms with E-state index in [-0.39, 0.29) is 0 Å². The second kappa shape index (κ2) is 8.70. The van der Waals surface area contributed by atoms with Gasteiger partial charge < -0.3 is 15.4 Å². The summed E-state index contributed by atoms with van der Waals surface area (Å²) in [6.07, 6.45) is 3.42. The molecule has 0 atom stereocenters. The summed E-state index contributed by atoms with van der Waals surface area (Å²) in [5.41, 5.74) is 1.79. The molecule has 7 heteroatoms. The van der Waals surface area contributed by atoms with Crippen LogP contribution in [0.25, 0.3) is 11.4 Å². The number of nitrogens with one attached hydrogen (secondary N) is 2. The lowest BCUT2D eigenvalue weighted by molar-refractivity contribution is 0.158. The summed E-state index contributed by atoms with van der Waals surface area (Å²) in [6.45, 7) is 3.87. The monoisotopic (exact) mass is 336 g/mol. The lowest BCUT2D eigenvalue weighted by Crippen LogP contribution is -2.13. The fraction of sp³-hybridized carbons (Fsp3) is 0.222. The molecule has 0 bridgehead atoms. The van der Waals surface area contributed by atoms with E-state index in [1.165, 1.54) is 0 Å². The number of pyridine rings is 1. The first-order chi connectivity index (χ1) is 12.3. The molecule has 0 amide bonds. The number of rotatable bonds is 8. The summed E-state index contributed by atoms with van der Waals surface area (Å²) in [4.78, 5) is 17.5. The number of nitrogens with zero attached hydrogens (tertiary/aromatic N) is 4. The van der Waals surface area contributed by atoms with Gasteiger partial charge in [0.05, 0.1) is 6.61 Å². The minimum atomic E-state index is 0.471. The Morgan fingerprint density at radius 3 is 2.44 bits per heavy atom. The van der Waals surface area contributed by atoms with Crippen molar-refractivity contribution in [3.63, 3.8) is 0 Å². The largest absolute Gasteiger partial charge is 0.380 e. The molecule has 3 aromatic rings. The molecule has 2 aromatic heterocycles. The van der Waals surface area contributed by atoms with Gasteiger partial charge in [-0.05, 0) is 19.1 Å². The summed E-state index contributed by atoms with van der Waals surface area (Å²) in [7, 11) is 0. The molecular weight excluding hydrogens is 316 g/mol. The third kappa shape index (κ3) is 4.95. The van der Waals surface area contributed by atoms with Gasteiger partial charge in [-0.15, -0.1) is 0 Å². The standard InChI is InChI=1S/C18H20N6O/c1-2-25-13-12-20-17-22-16(14-6-4-3-5-7-14)23-18(24-17)21-15-8-10-19-11-9-15/h3-11H,2,12-13H2,1H3,(H2,19,20,21,22,23,24). The number of ether oxygens (including phenoxy) is 1. The molecule has 0 saturated carbocycles. The van der Waals surface area contributed by atoms with Crippen LogP contribution >= 0.6 is 0 Å². The average molecular weight is 336 g/mol. The van der Waals surface area contributed by atoms with Gasteiger partial charge in [-0.1, -0.05) is 30.3 Å². The van der Waals surface area contributed by atoms with Crippen LogP contribution in [0.15, 0.2) is 54.9 Å². The minimum absolute atomic E-state index is 0.471. The van der Waals surface area contributed by atoms with Crippen molar-refractivity contribution in [1.29, 1.82) is 0 Å². The Kier molecular flexibility index (Phi) is 5.84. The lowest BCUT2D eigenvalue weighted by atomic mass is 10.2. The molecule has 0 saturated heterocycles. The van der Waals surface area contributed by atoms with Gasteiger partial charge in [0, 0.05) is 36.8 Å². The maximum Gasteiger partial charge on any atom is 0.232 e. The number of aromatic nitrogens is 4. The summed E-state index contributed by atoms with van der Waals surface area (Å²) in [6, 6.07) is 13.5. The Balaban J connectivity index is 1.85. The van der Waals surface area contributed by atoms with Crippen molar-refractivity contribution in [1.82, 2.24) is 19.9 Å². The van der Waals surface area contributed by atoms with Crippen LogP contribution in [0.3, 0.4) is 0 Å². The van der Waals surface area contributed by atoms with Crippen LogP contribution in [0.4, 0.5) is 17.6 Å². The molecule has 0 aliphatic rings. The molecule has 0 radical (unpaired) electrons. The van der Waals surface area contributed by atoms with Crippen LogP contribution in [0.1, 0.15) is 6.92 Å². The van der Waals surface area contributed by atoms with Gasteiger partial charge in [-0.2, -0.15) is 15.0 Å². The van der Waals surface area contributed by atoms with Gasteiger partial charge in [-0.3, -0.25) is 4.98 Å². The zero-order valence-corrected chi connectivity index (χ0v) is 14.0. The second-order valence-corrected chi connectivity index (χ2v) is 5.16. The highest BCUT2D eigenvalue weighted by atomic mass is 16.5. The number of hydrogen-bond acceptors (Lipinski definition) is 7. The van der Waals surface area contributed by atoms with Gasteiger partial charge in [0.1, 0.15) is 0 Å². The third-order valence-electron chi connectivity index (χ3n) is 3.34. The molecule has 0 unspecified atom stereocenters. The highest BCUT2D eigenvalue weighted by Gasteiger charge is 2.08. The van der Waals surface area contributed by atoms with Crippen molar-refractivity contribution < 1.29 is 4.74 Å². The van der Waals surface area contributed by atoms with Crippen molar-refractivity contribution >= 4 is 17.6 Å². The lowest BCUT2D eigenvalue weighted by Gasteiger charge is -2.10. The molecular formula is C18H20N6O.